The van der Waals surface area contributed by atoms with Crippen LogP contribution in [-0.4, -0.2) is 15.9 Å². The summed E-state index contributed by atoms with van der Waals surface area (Å²) in [5, 5.41) is 5.90. The molecule has 1 N–H and O–H groups in total. The molecule has 0 unspecified atom stereocenters. The van der Waals surface area contributed by atoms with E-state index in [9.17, 15) is 4.79 Å². The summed E-state index contributed by atoms with van der Waals surface area (Å²) in [6, 6.07) is 18.9. The van der Waals surface area contributed by atoms with Crippen LogP contribution in [0.3, 0.4) is 0 Å². The van der Waals surface area contributed by atoms with Gasteiger partial charge in [0.05, 0.1) is 11.3 Å². The first-order valence-corrected chi connectivity index (χ1v) is 9.90. The van der Waals surface area contributed by atoms with Crippen molar-refractivity contribution in [3.05, 3.63) is 88.5 Å². The van der Waals surface area contributed by atoms with Crippen molar-refractivity contribution >= 4 is 38.9 Å². The van der Waals surface area contributed by atoms with Gasteiger partial charge in [-0.25, -0.2) is 4.98 Å². The Kier molecular flexibility index (Phi) is 5.09. The van der Waals surface area contributed by atoms with Gasteiger partial charge in [-0.2, -0.15) is 0 Å². The molecule has 0 saturated heterocycles. The summed E-state index contributed by atoms with van der Waals surface area (Å²) in [7, 11) is 0. The van der Waals surface area contributed by atoms with Gasteiger partial charge in [-0.15, -0.1) is 11.3 Å². The molecule has 0 aliphatic rings. The highest BCUT2D eigenvalue weighted by molar-refractivity contribution is 9.10. The third-order valence-corrected chi connectivity index (χ3v) is 5.55. The Labute approximate surface area is 169 Å². The third-order valence-electron chi connectivity index (χ3n) is 3.97. The van der Waals surface area contributed by atoms with Crippen molar-refractivity contribution in [1.82, 2.24) is 9.97 Å². The summed E-state index contributed by atoms with van der Waals surface area (Å²) in [6.07, 6.45) is 3.52. The number of thiazole rings is 1. The molecule has 1 amide bonds. The van der Waals surface area contributed by atoms with Crippen molar-refractivity contribution in [2.45, 2.75) is 0 Å². The molecule has 2 aromatic carbocycles. The van der Waals surface area contributed by atoms with E-state index < -0.39 is 0 Å². The van der Waals surface area contributed by atoms with Crippen molar-refractivity contribution in [2.24, 2.45) is 0 Å². The summed E-state index contributed by atoms with van der Waals surface area (Å²) in [4.78, 5) is 21.3. The number of halogens is 1. The number of carbonyl (C=O) groups excluding carboxylic acids is 1. The second-order valence-electron chi connectivity index (χ2n) is 5.79. The molecule has 0 spiro atoms. The van der Waals surface area contributed by atoms with E-state index in [-0.39, 0.29) is 5.91 Å². The molecule has 0 atom stereocenters. The number of aromatic nitrogens is 2. The van der Waals surface area contributed by atoms with Crippen LogP contribution in [-0.2, 0) is 0 Å². The Morgan fingerprint density at radius 3 is 2.59 bits per heavy atom. The maximum Gasteiger partial charge on any atom is 0.256 e. The largest absolute Gasteiger partial charge is 0.322 e. The van der Waals surface area contributed by atoms with Gasteiger partial charge < -0.3 is 5.32 Å². The minimum atomic E-state index is -0.157. The molecule has 4 rings (SSSR count). The van der Waals surface area contributed by atoms with Crippen LogP contribution in [0.2, 0.25) is 0 Å². The number of carbonyl (C=O) groups is 1. The molecule has 0 aliphatic carbocycles. The minimum Gasteiger partial charge on any atom is -0.322 e. The smallest absolute Gasteiger partial charge is 0.256 e. The summed E-state index contributed by atoms with van der Waals surface area (Å²) in [5.74, 6) is -0.157. The molecule has 4 aromatic rings. The van der Waals surface area contributed by atoms with Gasteiger partial charge in [0, 0.05) is 39.1 Å². The lowest BCUT2D eigenvalue weighted by Crippen LogP contribution is -2.12. The van der Waals surface area contributed by atoms with Crippen molar-refractivity contribution in [2.75, 3.05) is 5.32 Å². The lowest BCUT2D eigenvalue weighted by atomic mass is 10.1. The fourth-order valence-electron chi connectivity index (χ4n) is 2.63. The van der Waals surface area contributed by atoms with E-state index >= 15 is 0 Å². The average molecular weight is 436 g/mol. The number of nitrogens with one attached hydrogen (secondary N) is 1. The van der Waals surface area contributed by atoms with E-state index in [2.05, 4.69) is 26.2 Å². The first-order valence-electron chi connectivity index (χ1n) is 8.23. The molecule has 0 fully saturated rings. The Morgan fingerprint density at radius 2 is 1.78 bits per heavy atom. The monoisotopic (exact) mass is 435 g/mol. The van der Waals surface area contributed by atoms with E-state index in [4.69, 9.17) is 4.98 Å². The number of rotatable bonds is 4. The maximum atomic E-state index is 12.5. The van der Waals surface area contributed by atoms with Crippen molar-refractivity contribution < 1.29 is 4.79 Å². The zero-order valence-corrected chi connectivity index (χ0v) is 16.5. The number of pyridine rings is 1. The van der Waals surface area contributed by atoms with Crippen LogP contribution >= 0.6 is 27.3 Å². The van der Waals surface area contributed by atoms with Gasteiger partial charge >= 0.3 is 0 Å². The first-order chi connectivity index (χ1) is 13.2. The topological polar surface area (TPSA) is 54.9 Å². The number of hydrogen-bond donors (Lipinski definition) is 1. The second-order valence-corrected chi connectivity index (χ2v) is 7.50. The van der Waals surface area contributed by atoms with Crippen LogP contribution < -0.4 is 5.32 Å². The average Bonchev–Trinajstić information content (AvgIpc) is 3.19. The second kappa shape index (κ2) is 7.82. The van der Waals surface area contributed by atoms with Crippen molar-refractivity contribution in [3.63, 3.8) is 0 Å². The Hall–Kier alpha value is -2.83. The van der Waals surface area contributed by atoms with Gasteiger partial charge in [0.2, 0.25) is 0 Å². The molecule has 132 valence electrons. The van der Waals surface area contributed by atoms with Crippen LogP contribution in [0.15, 0.2) is 82.9 Å². The van der Waals surface area contributed by atoms with Gasteiger partial charge in [0.15, 0.2) is 0 Å². The standard InChI is InChI=1S/C21H14BrN3OS/c22-18-7-2-1-6-17(18)20(26)24-16-5-3-4-15(12-16)19-13-27-21(25-19)14-8-10-23-11-9-14/h1-13H,(H,24,26). The predicted molar refractivity (Wildman–Crippen MR) is 113 cm³/mol. The molecular weight excluding hydrogens is 422 g/mol. The SMILES string of the molecule is O=C(Nc1cccc(-c2csc(-c3ccncc3)n2)c1)c1ccccc1Br. The van der Waals surface area contributed by atoms with E-state index in [0.29, 0.717) is 5.56 Å². The van der Waals surface area contributed by atoms with Gasteiger partial charge in [-0.3, -0.25) is 9.78 Å². The molecule has 6 heteroatoms. The zero-order chi connectivity index (χ0) is 18.6. The summed E-state index contributed by atoms with van der Waals surface area (Å²) >= 11 is 5.00. The van der Waals surface area contributed by atoms with Gasteiger partial charge in [0.1, 0.15) is 5.01 Å². The number of hydrogen-bond acceptors (Lipinski definition) is 4. The Balaban J connectivity index is 1.57. The maximum absolute atomic E-state index is 12.5. The van der Waals surface area contributed by atoms with Crippen LogP contribution in [0.25, 0.3) is 21.8 Å². The van der Waals surface area contributed by atoms with Crippen LogP contribution in [0.5, 0.6) is 0 Å². The minimum absolute atomic E-state index is 0.157. The summed E-state index contributed by atoms with van der Waals surface area (Å²) in [6.45, 7) is 0. The molecule has 4 nitrogen and oxygen atoms in total. The van der Waals surface area contributed by atoms with Gasteiger partial charge in [0.25, 0.3) is 5.91 Å². The van der Waals surface area contributed by atoms with Crippen LogP contribution in [0, 0.1) is 0 Å². The van der Waals surface area contributed by atoms with Crippen molar-refractivity contribution in [3.8, 4) is 21.8 Å². The predicted octanol–water partition coefficient (Wildman–Crippen LogP) is 5.89. The molecule has 0 aliphatic heterocycles. The van der Waals surface area contributed by atoms with Gasteiger partial charge in [-0.1, -0.05) is 24.3 Å². The molecule has 2 heterocycles. The van der Waals surface area contributed by atoms with E-state index in [1.807, 2.05) is 60.0 Å². The number of anilines is 1. The highest BCUT2D eigenvalue weighted by Gasteiger charge is 2.11. The number of benzene rings is 2. The van der Waals surface area contributed by atoms with E-state index in [1.54, 1.807) is 29.8 Å². The number of amides is 1. The Bertz CT molecular complexity index is 1100. The molecule has 0 bridgehead atoms. The highest BCUT2D eigenvalue weighted by atomic mass is 79.9. The van der Waals surface area contributed by atoms with Crippen molar-refractivity contribution in [1.29, 1.82) is 0 Å². The zero-order valence-electron chi connectivity index (χ0n) is 14.1. The van der Waals surface area contributed by atoms with Crippen LogP contribution in [0.4, 0.5) is 5.69 Å². The quantitative estimate of drug-likeness (QED) is 0.434. The molecule has 0 saturated carbocycles. The van der Waals surface area contributed by atoms with Gasteiger partial charge in [-0.05, 0) is 52.3 Å². The highest BCUT2D eigenvalue weighted by Crippen LogP contribution is 2.30. The third kappa shape index (κ3) is 3.97. The first kappa shape index (κ1) is 17.6. The summed E-state index contributed by atoms with van der Waals surface area (Å²) < 4.78 is 0.764. The number of nitrogens with zero attached hydrogens (tertiary/aromatic N) is 2. The van der Waals surface area contributed by atoms with E-state index in [0.717, 1.165) is 32.0 Å². The Morgan fingerprint density at radius 1 is 0.963 bits per heavy atom. The molecule has 2 aromatic heterocycles. The summed E-state index contributed by atoms with van der Waals surface area (Å²) in [5.41, 5.74) is 4.20. The molecular formula is C21H14BrN3OS. The van der Waals surface area contributed by atoms with E-state index in [1.165, 1.54) is 0 Å². The fraction of sp³-hybridized carbons (Fsp3) is 0. The fourth-order valence-corrected chi connectivity index (χ4v) is 3.93. The lowest BCUT2D eigenvalue weighted by Gasteiger charge is -2.08. The normalized spacial score (nSPS) is 10.6. The molecule has 0 radical (unpaired) electrons. The van der Waals surface area contributed by atoms with Crippen LogP contribution in [0.1, 0.15) is 10.4 Å². The molecule has 27 heavy (non-hydrogen) atoms. The lowest BCUT2D eigenvalue weighted by molar-refractivity contribution is 0.102.